The average Bonchev–Trinajstić information content (AvgIpc) is 2.32. The van der Waals surface area contributed by atoms with Gasteiger partial charge in [0.05, 0.1) is 4.47 Å². The molecule has 0 aliphatic carbocycles. The number of pyridine rings is 1. The van der Waals surface area contributed by atoms with Crippen LogP contribution >= 0.6 is 15.9 Å². The first kappa shape index (κ1) is 10.4. The van der Waals surface area contributed by atoms with E-state index in [9.17, 15) is 9.59 Å². The molecule has 1 aromatic heterocycles. The van der Waals surface area contributed by atoms with Gasteiger partial charge in [-0.25, -0.2) is 0 Å². The minimum absolute atomic E-state index is 0.182. The van der Waals surface area contributed by atoms with E-state index >= 15 is 0 Å². The van der Waals surface area contributed by atoms with Crippen LogP contribution in [-0.2, 0) is 5.66 Å². The summed E-state index contributed by atoms with van der Waals surface area (Å²) in [5, 5.41) is 2.77. The fourth-order valence-corrected chi connectivity index (χ4v) is 2.43. The zero-order chi connectivity index (χ0) is 11.4. The molecule has 0 spiro atoms. The molecule has 0 aromatic carbocycles. The highest BCUT2D eigenvalue weighted by atomic mass is 79.9. The van der Waals surface area contributed by atoms with Crippen molar-refractivity contribution in [1.82, 2.24) is 9.88 Å². The summed E-state index contributed by atoms with van der Waals surface area (Å²) >= 11 is 3.20. The van der Waals surface area contributed by atoms with Crippen LogP contribution in [0.25, 0.3) is 0 Å². The molecule has 2 heterocycles. The predicted molar refractivity (Wildman–Crippen MR) is 59.9 cm³/mol. The maximum Gasteiger partial charge on any atom is 0.270 e. The summed E-state index contributed by atoms with van der Waals surface area (Å²) < 4.78 is 1.97. The van der Waals surface area contributed by atoms with E-state index in [-0.39, 0.29) is 11.5 Å². The first-order valence-electron chi connectivity index (χ1n) is 4.60. The second kappa shape index (κ2) is 2.95. The molecule has 0 unspecified atom stereocenters. The summed E-state index contributed by atoms with van der Waals surface area (Å²) in [4.78, 5) is 23.6. The largest absolute Gasteiger partial charge is 0.328 e. The Hall–Kier alpha value is -1.10. The maximum absolute atomic E-state index is 11.9. The number of nitrogens with one attached hydrogen (secondary N) is 1. The van der Waals surface area contributed by atoms with Crippen molar-refractivity contribution in [3.63, 3.8) is 0 Å². The molecule has 0 fully saturated rings. The van der Waals surface area contributed by atoms with E-state index in [1.165, 1.54) is 4.57 Å². The van der Waals surface area contributed by atoms with Crippen LogP contribution in [0.1, 0.15) is 29.9 Å². The van der Waals surface area contributed by atoms with Gasteiger partial charge in [0.2, 0.25) is 0 Å². The molecular formula is C10H11BrN2O2. The van der Waals surface area contributed by atoms with Crippen LogP contribution in [0, 0.1) is 6.92 Å². The Morgan fingerprint density at radius 2 is 2.00 bits per heavy atom. The number of hydrogen-bond donors (Lipinski definition) is 1. The van der Waals surface area contributed by atoms with Crippen molar-refractivity contribution in [2.45, 2.75) is 26.4 Å². The Labute approximate surface area is 95.4 Å². The highest BCUT2D eigenvalue weighted by Crippen LogP contribution is 2.24. The summed E-state index contributed by atoms with van der Waals surface area (Å²) in [5.74, 6) is -0.192. The number of aryl methyl sites for hydroxylation is 1. The molecule has 1 aromatic rings. The SMILES string of the molecule is Cc1cc(Br)c(=O)n2c1C(=O)NC2(C)C. The van der Waals surface area contributed by atoms with Gasteiger partial charge in [0, 0.05) is 0 Å². The lowest BCUT2D eigenvalue weighted by atomic mass is 10.2. The van der Waals surface area contributed by atoms with Crippen LogP contribution in [0.3, 0.4) is 0 Å². The third kappa shape index (κ3) is 1.33. The van der Waals surface area contributed by atoms with Gasteiger partial charge in [-0.15, -0.1) is 0 Å². The first-order valence-corrected chi connectivity index (χ1v) is 5.39. The Bertz CT molecular complexity index is 517. The molecule has 80 valence electrons. The van der Waals surface area contributed by atoms with E-state index in [1.807, 2.05) is 6.92 Å². The Kier molecular flexibility index (Phi) is 2.05. The molecule has 1 amide bonds. The van der Waals surface area contributed by atoms with Crippen LogP contribution in [0.2, 0.25) is 0 Å². The second-order valence-electron chi connectivity index (χ2n) is 4.18. The molecule has 1 aliphatic rings. The number of halogens is 1. The van der Waals surface area contributed by atoms with Gasteiger partial charge >= 0.3 is 0 Å². The highest BCUT2D eigenvalue weighted by Gasteiger charge is 2.37. The minimum Gasteiger partial charge on any atom is -0.328 e. The molecule has 0 atom stereocenters. The van der Waals surface area contributed by atoms with Crippen molar-refractivity contribution < 1.29 is 4.79 Å². The van der Waals surface area contributed by atoms with Crippen LogP contribution in [0.15, 0.2) is 15.3 Å². The lowest BCUT2D eigenvalue weighted by molar-refractivity contribution is 0.0934. The summed E-state index contributed by atoms with van der Waals surface area (Å²) in [7, 11) is 0. The van der Waals surface area contributed by atoms with Gasteiger partial charge in [-0.2, -0.15) is 0 Å². The van der Waals surface area contributed by atoms with E-state index in [0.717, 1.165) is 5.56 Å². The number of carbonyl (C=O) groups is 1. The van der Waals surface area contributed by atoms with E-state index in [0.29, 0.717) is 10.2 Å². The van der Waals surface area contributed by atoms with Crippen molar-refractivity contribution in [3.8, 4) is 0 Å². The molecule has 2 rings (SSSR count). The van der Waals surface area contributed by atoms with Gasteiger partial charge < -0.3 is 5.32 Å². The topological polar surface area (TPSA) is 51.1 Å². The van der Waals surface area contributed by atoms with Crippen molar-refractivity contribution in [3.05, 3.63) is 32.2 Å². The number of rotatable bonds is 0. The Morgan fingerprint density at radius 1 is 1.40 bits per heavy atom. The Morgan fingerprint density at radius 3 is 2.60 bits per heavy atom. The molecular weight excluding hydrogens is 260 g/mol. The maximum atomic E-state index is 11.9. The highest BCUT2D eigenvalue weighted by molar-refractivity contribution is 9.10. The van der Waals surface area contributed by atoms with E-state index in [4.69, 9.17) is 0 Å². The molecule has 1 N–H and O–H groups in total. The second-order valence-corrected chi connectivity index (χ2v) is 5.03. The van der Waals surface area contributed by atoms with E-state index in [1.54, 1.807) is 19.9 Å². The van der Waals surface area contributed by atoms with Crippen molar-refractivity contribution in [2.75, 3.05) is 0 Å². The number of fused-ring (bicyclic) bond motifs is 1. The monoisotopic (exact) mass is 270 g/mol. The van der Waals surface area contributed by atoms with Crippen LogP contribution in [0.4, 0.5) is 0 Å². The number of hydrogen-bond acceptors (Lipinski definition) is 2. The zero-order valence-corrected chi connectivity index (χ0v) is 10.3. The standard InChI is InChI=1S/C10H11BrN2O2/c1-5-4-6(11)9(15)13-7(5)8(14)12-10(13,2)3/h4H,1-3H3,(H,12,14). The van der Waals surface area contributed by atoms with Gasteiger partial charge in [-0.05, 0) is 48.3 Å². The number of carbonyl (C=O) groups excluding carboxylic acids is 1. The van der Waals surface area contributed by atoms with Crippen molar-refractivity contribution in [2.24, 2.45) is 0 Å². The molecule has 1 aliphatic heterocycles. The molecule has 5 heteroatoms. The van der Waals surface area contributed by atoms with Crippen LogP contribution in [0.5, 0.6) is 0 Å². The molecule has 15 heavy (non-hydrogen) atoms. The average molecular weight is 271 g/mol. The van der Waals surface area contributed by atoms with Gasteiger partial charge in [0.15, 0.2) is 0 Å². The van der Waals surface area contributed by atoms with Crippen LogP contribution < -0.4 is 10.9 Å². The van der Waals surface area contributed by atoms with Gasteiger partial charge in [0.1, 0.15) is 11.4 Å². The molecule has 0 saturated carbocycles. The zero-order valence-electron chi connectivity index (χ0n) is 8.72. The summed E-state index contributed by atoms with van der Waals surface area (Å²) in [5.41, 5.74) is 0.412. The lowest BCUT2D eigenvalue weighted by Gasteiger charge is -2.21. The van der Waals surface area contributed by atoms with Gasteiger partial charge in [-0.1, -0.05) is 0 Å². The van der Waals surface area contributed by atoms with Crippen molar-refractivity contribution in [1.29, 1.82) is 0 Å². The van der Waals surface area contributed by atoms with Gasteiger partial charge in [-0.3, -0.25) is 14.2 Å². The number of nitrogens with zero attached hydrogens (tertiary/aromatic N) is 1. The van der Waals surface area contributed by atoms with E-state index < -0.39 is 5.66 Å². The fraction of sp³-hybridized carbons (Fsp3) is 0.400. The van der Waals surface area contributed by atoms with Crippen molar-refractivity contribution >= 4 is 21.8 Å². The quantitative estimate of drug-likeness (QED) is 0.774. The third-order valence-corrected chi connectivity index (χ3v) is 3.11. The molecule has 4 nitrogen and oxygen atoms in total. The summed E-state index contributed by atoms with van der Waals surface area (Å²) in [6.07, 6.45) is 0. The molecule has 0 bridgehead atoms. The van der Waals surface area contributed by atoms with E-state index in [2.05, 4.69) is 21.2 Å². The fourth-order valence-electron chi connectivity index (χ4n) is 1.91. The third-order valence-electron chi connectivity index (χ3n) is 2.54. The van der Waals surface area contributed by atoms with Gasteiger partial charge in [0.25, 0.3) is 11.5 Å². The minimum atomic E-state index is -0.655. The summed E-state index contributed by atoms with van der Waals surface area (Å²) in [6.45, 7) is 5.42. The first-order chi connectivity index (χ1) is 6.84. The molecule has 0 radical (unpaired) electrons. The smallest absolute Gasteiger partial charge is 0.270 e. The normalized spacial score (nSPS) is 17.5. The predicted octanol–water partition coefficient (Wildman–Crippen LogP) is 1.36. The molecule has 0 saturated heterocycles. The number of amides is 1. The van der Waals surface area contributed by atoms with Crippen LogP contribution in [-0.4, -0.2) is 10.5 Å². The lowest BCUT2D eigenvalue weighted by Crippen LogP contribution is -2.42. The Balaban J connectivity index is 2.91. The summed E-state index contributed by atoms with van der Waals surface area (Å²) in [6, 6.07) is 1.68. The number of aromatic nitrogens is 1.